The fraction of sp³-hybridized carbons (Fsp3) is 0.227. The van der Waals surface area contributed by atoms with E-state index in [0.717, 1.165) is 28.6 Å². The van der Waals surface area contributed by atoms with Crippen molar-refractivity contribution in [1.29, 1.82) is 0 Å². The Balaban J connectivity index is 1.68. The van der Waals surface area contributed by atoms with Gasteiger partial charge >= 0.3 is 6.03 Å². The minimum absolute atomic E-state index is 0.00865. The molecule has 0 bridgehead atoms. The standard InChI is InChI=1S/C22H22FN5O2/c1-24-21(29)16-4-3-14(11-18(16)23)15-5-8-26-20-17(15)12-19(27-20)13-6-9-28(10-7-13)22(30)25-2/h3-6,8,11-12H,7,9-10H2,1-2H3,(H,24,29)(H,25,30)(H,26,27). The Morgan fingerprint density at radius 3 is 2.67 bits per heavy atom. The lowest BCUT2D eigenvalue weighted by Gasteiger charge is -2.25. The highest BCUT2D eigenvalue weighted by Crippen LogP contribution is 2.32. The molecule has 30 heavy (non-hydrogen) atoms. The van der Waals surface area contributed by atoms with E-state index in [-0.39, 0.29) is 11.6 Å². The molecule has 0 unspecified atom stereocenters. The number of nitrogens with zero attached hydrogens (tertiary/aromatic N) is 2. The minimum atomic E-state index is -0.572. The first-order valence-electron chi connectivity index (χ1n) is 9.67. The zero-order valence-electron chi connectivity index (χ0n) is 16.8. The van der Waals surface area contributed by atoms with Crippen LogP contribution in [0.5, 0.6) is 0 Å². The average Bonchev–Trinajstić information content (AvgIpc) is 3.22. The molecule has 4 rings (SSSR count). The lowest BCUT2D eigenvalue weighted by molar-refractivity contribution is 0.0959. The normalized spacial score (nSPS) is 13.8. The van der Waals surface area contributed by atoms with E-state index >= 15 is 0 Å². The molecular weight excluding hydrogens is 385 g/mol. The third-order valence-electron chi connectivity index (χ3n) is 5.34. The summed E-state index contributed by atoms with van der Waals surface area (Å²) in [6.45, 7) is 1.17. The van der Waals surface area contributed by atoms with Gasteiger partial charge in [-0.15, -0.1) is 0 Å². The Labute approximate surface area is 173 Å². The fourth-order valence-electron chi connectivity index (χ4n) is 3.71. The summed E-state index contributed by atoms with van der Waals surface area (Å²) in [5.41, 5.74) is 4.25. The molecule has 3 heterocycles. The van der Waals surface area contributed by atoms with Gasteiger partial charge in [-0.3, -0.25) is 4.79 Å². The molecule has 0 atom stereocenters. The van der Waals surface area contributed by atoms with Gasteiger partial charge in [0.15, 0.2) is 0 Å². The Morgan fingerprint density at radius 1 is 1.17 bits per heavy atom. The van der Waals surface area contributed by atoms with E-state index in [1.165, 1.54) is 19.2 Å². The number of nitrogens with one attached hydrogen (secondary N) is 3. The Kier molecular flexibility index (Phi) is 5.22. The second-order valence-corrected chi connectivity index (χ2v) is 7.06. The predicted octanol–water partition coefficient (Wildman–Crippen LogP) is 3.16. The van der Waals surface area contributed by atoms with Crippen molar-refractivity contribution in [3.05, 3.63) is 59.7 Å². The molecule has 7 nitrogen and oxygen atoms in total. The van der Waals surface area contributed by atoms with Crippen molar-refractivity contribution >= 4 is 28.5 Å². The van der Waals surface area contributed by atoms with Crippen LogP contribution < -0.4 is 10.6 Å². The zero-order chi connectivity index (χ0) is 21.3. The summed E-state index contributed by atoms with van der Waals surface area (Å²) in [6.07, 6.45) is 4.43. The summed E-state index contributed by atoms with van der Waals surface area (Å²) >= 11 is 0. The minimum Gasteiger partial charge on any atom is -0.355 e. The number of carbonyl (C=O) groups excluding carboxylic acids is 2. The highest BCUT2D eigenvalue weighted by Gasteiger charge is 2.19. The second-order valence-electron chi connectivity index (χ2n) is 7.06. The van der Waals surface area contributed by atoms with Crippen molar-refractivity contribution in [1.82, 2.24) is 25.5 Å². The van der Waals surface area contributed by atoms with E-state index in [4.69, 9.17) is 0 Å². The van der Waals surface area contributed by atoms with Crippen LogP contribution in [-0.2, 0) is 0 Å². The number of fused-ring (bicyclic) bond motifs is 1. The van der Waals surface area contributed by atoms with Crippen LogP contribution in [-0.4, -0.2) is 54.0 Å². The van der Waals surface area contributed by atoms with Crippen LogP contribution in [0.3, 0.4) is 0 Å². The van der Waals surface area contributed by atoms with E-state index in [9.17, 15) is 14.0 Å². The summed E-state index contributed by atoms with van der Waals surface area (Å²) in [5, 5.41) is 5.95. The maximum Gasteiger partial charge on any atom is 0.317 e. The summed E-state index contributed by atoms with van der Waals surface area (Å²) in [4.78, 5) is 33.0. The molecule has 0 saturated carbocycles. The lowest BCUT2D eigenvalue weighted by atomic mass is 10.0. The van der Waals surface area contributed by atoms with E-state index in [0.29, 0.717) is 24.3 Å². The van der Waals surface area contributed by atoms with Crippen molar-refractivity contribution < 1.29 is 14.0 Å². The van der Waals surface area contributed by atoms with Crippen LogP contribution in [0.4, 0.5) is 9.18 Å². The first-order valence-corrected chi connectivity index (χ1v) is 9.67. The van der Waals surface area contributed by atoms with E-state index in [1.54, 1.807) is 24.2 Å². The van der Waals surface area contributed by atoms with Crippen LogP contribution in [0.1, 0.15) is 22.5 Å². The molecule has 0 saturated heterocycles. The van der Waals surface area contributed by atoms with Crippen molar-refractivity contribution in [3.8, 4) is 11.1 Å². The monoisotopic (exact) mass is 407 g/mol. The van der Waals surface area contributed by atoms with Gasteiger partial charge in [0.25, 0.3) is 5.91 Å². The van der Waals surface area contributed by atoms with Gasteiger partial charge in [-0.25, -0.2) is 14.2 Å². The highest BCUT2D eigenvalue weighted by molar-refractivity contribution is 5.98. The number of halogens is 1. The lowest BCUT2D eigenvalue weighted by Crippen LogP contribution is -2.40. The molecule has 3 N–H and O–H groups in total. The summed E-state index contributed by atoms with van der Waals surface area (Å²) in [7, 11) is 3.09. The molecule has 0 fully saturated rings. The van der Waals surface area contributed by atoms with Gasteiger partial charge in [0.05, 0.1) is 5.56 Å². The number of aromatic nitrogens is 2. The molecule has 0 spiro atoms. The van der Waals surface area contributed by atoms with E-state index in [1.807, 2.05) is 18.2 Å². The number of hydrogen-bond acceptors (Lipinski definition) is 3. The van der Waals surface area contributed by atoms with Gasteiger partial charge in [0.1, 0.15) is 11.5 Å². The molecule has 1 aliphatic rings. The smallest absolute Gasteiger partial charge is 0.317 e. The predicted molar refractivity (Wildman–Crippen MR) is 114 cm³/mol. The third kappa shape index (κ3) is 3.52. The SMILES string of the molecule is CNC(=O)c1ccc(-c2ccnc3[nH]c(C4=CCN(C(=O)NC)CC4)cc23)cc1F. The number of pyridine rings is 1. The van der Waals surface area contributed by atoms with Gasteiger partial charge in [-0.05, 0) is 47.4 Å². The summed E-state index contributed by atoms with van der Waals surface area (Å²) in [6, 6.07) is 8.33. The summed E-state index contributed by atoms with van der Waals surface area (Å²) < 4.78 is 14.5. The van der Waals surface area contributed by atoms with Crippen molar-refractivity contribution in [2.24, 2.45) is 0 Å². The topological polar surface area (TPSA) is 90.1 Å². The number of rotatable bonds is 3. The van der Waals surface area contributed by atoms with Gasteiger partial charge in [-0.2, -0.15) is 0 Å². The molecular formula is C22H22FN5O2. The van der Waals surface area contributed by atoms with Crippen LogP contribution in [0.15, 0.2) is 42.6 Å². The number of hydrogen-bond donors (Lipinski definition) is 3. The van der Waals surface area contributed by atoms with Crippen LogP contribution >= 0.6 is 0 Å². The molecule has 2 aromatic heterocycles. The van der Waals surface area contributed by atoms with Crippen LogP contribution in [0.2, 0.25) is 0 Å². The maximum absolute atomic E-state index is 14.5. The fourth-order valence-corrected chi connectivity index (χ4v) is 3.71. The van der Waals surface area contributed by atoms with Crippen LogP contribution in [0, 0.1) is 5.82 Å². The van der Waals surface area contributed by atoms with Gasteiger partial charge in [-0.1, -0.05) is 12.1 Å². The van der Waals surface area contributed by atoms with E-state index in [2.05, 4.69) is 20.6 Å². The number of amides is 3. The molecule has 1 aliphatic heterocycles. The number of carbonyl (C=O) groups is 2. The Bertz CT molecular complexity index is 1170. The molecule has 3 aromatic rings. The molecule has 3 amide bonds. The third-order valence-corrected chi connectivity index (χ3v) is 5.34. The number of H-pyrrole nitrogens is 1. The average molecular weight is 407 g/mol. The van der Waals surface area contributed by atoms with Crippen LogP contribution in [0.25, 0.3) is 27.7 Å². The number of urea groups is 1. The quantitative estimate of drug-likeness (QED) is 0.623. The first kappa shape index (κ1) is 19.6. The molecule has 0 radical (unpaired) electrons. The van der Waals surface area contributed by atoms with Crippen molar-refractivity contribution in [2.75, 3.05) is 27.2 Å². The molecule has 1 aromatic carbocycles. The van der Waals surface area contributed by atoms with Gasteiger partial charge in [0.2, 0.25) is 0 Å². The molecule has 154 valence electrons. The maximum atomic E-state index is 14.5. The number of benzene rings is 1. The van der Waals surface area contributed by atoms with E-state index < -0.39 is 11.7 Å². The zero-order valence-corrected chi connectivity index (χ0v) is 16.8. The number of aromatic amines is 1. The first-order chi connectivity index (χ1) is 14.5. The van der Waals surface area contributed by atoms with Gasteiger partial charge < -0.3 is 20.5 Å². The van der Waals surface area contributed by atoms with Gasteiger partial charge in [0, 0.05) is 44.5 Å². The Morgan fingerprint density at radius 2 is 2.00 bits per heavy atom. The largest absolute Gasteiger partial charge is 0.355 e. The molecule has 8 heteroatoms. The van der Waals surface area contributed by atoms with Crippen molar-refractivity contribution in [3.63, 3.8) is 0 Å². The second kappa shape index (κ2) is 7.98. The summed E-state index contributed by atoms with van der Waals surface area (Å²) in [5.74, 6) is -1.03. The molecule has 0 aliphatic carbocycles. The van der Waals surface area contributed by atoms with Crippen molar-refractivity contribution in [2.45, 2.75) is 6.42 Å². The highest BCUT2D eigenvalue weighted by atomic mass is 19.1. The Hall–Kier alpha value is -3.68.